The molecule has 104 valence electrons. The number of carboxylic acid groups (broad SMARTS) is 1. The summed E-state index contributed by atoms with van der Waals surface area (Å²) < 4.78 is 5.30. The first kappa shape index (κ1) is 13.9. The Labute approximate surface area is 117 Å². The lowest BCUT2D eigenvalue weighted by molar-refractivity contribution is 0.0697. The minimum absolute atomic E-state index is 0.156. The molecule has 0 amide bonds. The zero-order chi connectivity index (χ0) is 14.7. The van der Waals surface area contributed by atoms with Crippen LogP contribution in [0.15, 0.2) is 36.4 Å². The summed E-state index contributed by atoms with van der Waals surface area (Å²) in [7, 11) is 3.35. The molecule has 0 atom stereocenters. The van der Waals surface area contributed by atoms with E-state index in [9.17, 15) is 9.90 Å². The number of nitrogens with zero attached hydrogens (tertiary/aromatic N) is 2. The van der Waals surface area contributed by atoms with Crippen LogP contribution in [0.5, 0.6) is 5.75 Å². The predicted molar refractivity (Wildman–Crippen MR) is 77.0 cm³/mol. The average molecular weight is 272 g/mol. The number of aryl methyl sites for hydroxylation is 1. The minimum atomic E-state index is -1.01. The number of carbonyl (C=O) groups is 1. The molecular formula is C15H16N2O3. The first-order valence-electron chi connectivity index (χ1n) is 6.12. The van der Waals surface area contributed by atoms with Crippen LogP contribution in [-0.4, -0.2) is 30.2 Å². The van der Waals surface area contributed by atoms with Crippen molar-refractivity contribution in [2.75, 3.05) is 19.1 Å². The van der Waals surface area contributed by atoms with Crippen molar-refractivity contribution in [1.29, 1.82) is 0 Å². The highest BCUT2D eigenvalue weighted by molar-refractivity contribution is 5.94. The van der Waals surface area contributed by atoms with Gasteiger partial charge in [0.1, 0.15) is 17.1 Å². The number of pyridine rings is 1. The molecule has 0 aliphatic heterocycles. The minimum Gasteiger partial charge on any atom is -0.495 e. The summed E-state index contributed by atoms with van der Waals surface area (Å²) in [6.45, 7) is 1.82. The molecule has 0 spiro atoms. The van der Waals surface area contributed by atoms with Gasteiger partial charge in [0.05, 0.1) is 12.8 Å². The molecule has 0 aliphatic rings. The summed E-state index contributed by atoms with van der Waals surface area (Å²) >= 11 is 0. The highest BCUT2D eigenvalue weighted by atomic mass is 16.5. The summed E-state index contributed by atoms with van der Waals surface area (Å²) in [5.41, 5.74) is 1.67. The van der Waals surface area contributed by atoms with E-state index in [1.165, 1.54) is 0 Å². The first-order chi connectivity index (χ1) is 9.54. The van der Waals surface area contributed by atoms with Gasteiger partial charge in [-0.1, -0.05) is 12.1 Å². The van der Waals surface area contributed by atoms with Crippen LogP contribution in [0.4, 0.5) is 11.5 Å². The Balaban J connectivity index is 2.55. The van der Waals surface area contributed by atoms with Crippen LogP contribution in [0.3, 0.4) is 0 Å². The van der Waals surface area contributed by atoms with Crippen LogP contribution in [0.1, 0.15) is 16.1 Å². The Bertz CT molecular complexity index is 641. The second kappa shape index (κ2) is 5.61. The summed E-state index contributed by atoms with van der Waals surface area (Å²) in [4.78, 5) is 17.4. The Morgan fingerprint density at radius 1 is 1.25 bits per heavy atom. The van der Waals surface area contributed by atoms with Gasteiger partial charge in [0, 0.05) is 12.7 Å². The van der Waals surface area contributed by atoms with E-state index in [1.807, 2.05) is 31.2 Å². The van der Waals surface area contributed by atoms with E-state index in [1.54, 1.807) is 31.2 Å². The van der Waals surface area contributed by atoms with Crippen LogP contribution >= 0.6 is 0 Å². The number of aromatic carboxylic acids is 1. The molecule has 0 saturated carbocycles. The normalized spacial score (nSPS) is 10.2. The highest BCUT2D eigenvalue weighted by Crippen LogP contribution is 2.32. The molecule has 0 unspecified atom stereocenters. The molecule has 20 heavy (non-hydrogen) atoms. The van der Waals surface area contributed by atoms with E-state index in [0.29, 0.717) is 11.6 Å². The molecule has 0 bridgehead atoms. The number of hydrogen-bond donors (Lipinski definition) is 1. The second-order valence-corrected chi connectivity index (χ2v) is 4.36. The maximum atomic E-state index is 11.3. The standard InChI is InChI=1S/C15H16N2O3/c1-10-8-9-11(15(18)19)14(16-10)17(2)12-6-4-5-7-13(12)20-3/h4-9H,1-3H3,(H,18,19). The zero-order valence-electron chi connectivity index (χ0n) is 11.6. The zero-order valence-corrected chi connectivity index (χ0v) is 11.6. The number of ether oxygens (including phenoxy) is 1. The molecule has 0 aliphatic carbocycles. The van der Waals surface area contributed by atoms with Gasteiger partial charge in [0.15, 0.2) is 0 Å². The number of rotatable bonds is 4. The molecule has 2 rings (SSSR count). The fourth-order valence-electron chi connectivity index (χ4n) is 1.99. The number of carboxylic acids is 1. The van der Waals surface area contributed by atoms with E-state index in [0.717, 1.165) is 11.4 Å². The quantitative estimate of drug-likeness (QED) is 0.927. The summed E-state index contributed by atoms with van der Waals surface area (Å²) in [6, 6.07) is 10.6. The van der Waals surface area contributed by atoms with Crippen molar-refractivity contribution in [2.45, 2.75) is 6.92 Å². The third-order valence-electron chi connectivity index (χ3n) is 3.01. The van der Waals surface area contributed by atoms with Crippen LogP contribution in [0.25, 0.3) is 0 Å². The van der Waals surface area contributed by atoms with Gasteiger partial charge < -0.3 is 14.7 Å². The molecule has 2 aromatic rings. The van der Waals surface area contributed by atoms with Crippen LogP contribution in [0.2, 0.25) is 0 Å². The maximum absolute atomic E-state index is 11.3. The largest absolute Gasteiger partial charge is 0.495 e. The number of para-hydroxylation sites is 2. The smallest absolute Gasteiger partial charge is 0.339 e. The van der Waals surface area contributed by atoms with Gasteiger partial charge in [-0.15, -0.1) is 0 Å². The highest BCUT2D eigenvalue weighted by Gasteiger charge is 2.18. The van der Waals surface area contributed by atoms with Crippen molar-refractivity contribution in [3.8, 4) is 5.75 Å². The van der Waals surface area contributed by atoms with E-state index >= 15 is 0 Å². The molecular weight excluding hydrogens is 256 g/mol. The number of benzene rings is 1. The molecule has 0 saturated heterocycles. The predicted octanol–water partition coefficient (Wildman–Crippen LogP) is 2.86. The molecule has 5 nitrogen and oxygen atoms in total. The van der Waals surface area contributed by atoms with E-state index < -0.39 is 5.97 Å². The Morgan fingerprint density at radius 3 is 2.60 bits per heavy atom. The van der Waals surface area contributed by atoms with Crippen LogP contribution < -0.4 is 9.64 Å². The monoisotopic (exact) mass is 272 g/mol. The number of anilines is 2. The molecule has 1 N–H and O–H groups in total. The van der Waals surface area contributed by atoms with Crippen molar-refractivity contribution in [1.82, 2.24) is 4.98 Å². The first-order valence-corrected chi connectivity index (χ1v) is 6.12. The van der Waals surface area contributed by atoms with Crippen molar-refractivity contribution in [3.05, 3.63) is 47.7 Å². The summed E-state index contributed by atoms with van der Waals surface area (Å²) in [5.74, 6) is 0.0471. The third-order valence-corrected chi connectivity index (χ3v) is 3.01. The van der Waals surface area contributed by atoms with Crippen LogP contribution in [-0.2, 0) is 0 Å². The lowest BCUT2D eigenvalue weighted by Crippen LogP contribution is -2.17. The lowest BCUT2D eigenvalue weighted by atomic mass is 10.2. The van der Waals surface area contributed by atoms with Gasteiger partial charge in [-0.2, -0.15) is 0 Å². The van der Waals surface area contributed by atoms with Crippen molar-refractivity contribution in [3.63, 3.8) is 0 Å². The van der Waals surface area contributed by atoms with E-state index in [4.69, 9.17) is 4.74 Å². The molecule has 0 radical (unpaired) electrons. The average Bonchev–Trinajstić information content (AvgIpc) is 2.46. The Kier molecular flexibility index (Phi) is 3.89. The van der Waals surface area contributed by atoms with Gasteiger partial charge >= 0.3 is 5.97 Å². The maximum Gasteiger partial charge on any atom is 0.339 e. The number of aromatic nitrogens is 1. The topological polar surface area (TPSA) is 62.7 Å². The molecule has 5 heteroatoms. The Hall–Kier alpha value is -2.56. The van der Waals surface area contributed by atoms with E-state index in [2.05, 4.69) is 4.98 Å². The molecule has 0 fully saturated rings. The number of methoxy groups -OCH3 is 1. The van der Waals surface area contributed by atoms with Crippen LogP contribution in [0, 0.1) is 6.92 Å². The van der Waals surface area contributed by atoms with E-state index in [-0.39, 0.29) is 5.56 Å². The van der Waals surface area contributed by atoms with Gasteiger partial charge in [-0.3, -0.25) is 0 Å². The van der Waals surface area contributed by atoms with Crippen molar-refractivity contribution in [2.24, 2.45) is 0 Å². The van der Waals surface area contributed by atoms with Gasteiger partial charge in [0.25, 0.3) is 0 Å². The summed E-state index contributed by atoms with van der Waals surface area (Å²) in [6.07, 6.45) is 0. The molecule has 1 aromatic carbocycles. The molecule has 1 aromatic heterocycles. The van der Waals surface area contributed by atoms with Gasteiger partial charge in [-0.05, 0) is 31.2 Å². The van der Waals surface area contributed by atoms with Crippen molar-refractivity contribution >= 4 is 17.5 Å². The van der Waals surface area contributed by atoms with Gasteiger partial charge in [-0.25, -0.2) is 9.78 Å². The lowest BCUT2D eigenvalue weighted by Gasteiger charge is -2.22. The second-order valence-electron chi connectivity index (χ2n) is 4.36. The third kappa shape index (κ3) is 2.56. The fraction of sp³-hybridized carbons (Fsp3) is 0.200. The summed E-state index contributed by atoms with van der Waals surface area (Å²) in [5, 5.41) is 9.28. The fourth-order valence-corrected chi connectivity index (χ4v) is 1.99. The Morgan fingerprint density at radius 2 is 1.95 bits per heavy atom. The van der Waals surface area contributed by atoms with Crippen molar-refractivity contribution < 1.29 is 14.6 Å². The molecule has 1 heterocycles. The van der Waals surface area contributed by atoms with Gasteiger partial charge in [0.2, 0.25) is 0 Å². The number of hydrogen-bond acceptors (Lipinski definition) is 4. The SMILES string of the molecule is COc1ccccc1N(C)c1nc(C)ccc1C(=O)O.